The molecule has 0 spiro atoms. The largest absolute Gasteiger partial charge is 0.493 e. The summed E-state index contributed by atoms with van der Waals surface area (Å²) in [6.07, 6.45) is 4.12. The number of ether oxygens (including phenoxy) is 3. The molecule has 40 heavy (non-hydrogen) atoms. The molecule has 2 aliphatic heterocycles. The van der Waals surface area contributed by atoms with Gasteiger partial charge in [-0.2, -0.15) is 0 Å². The molecule has 220 valence electrons. The van der Waals surface area contributed by atoms with E-state index in [-0.39, 0.29) is 19.1 Å². The van der Waals surface area contributed by atoms with E-state index in [1.54, 1.807) is 7.11 Å². The Bertz CT molecular complexity index is 1140. The quantitative estimate of drug-likeness (QED) is 0.381. The minimum Gasteiger partial charge on any atom is -0.493 e. The highest BCUT2D eigenvalue weighted by Gasteiger charge is 2.42. The minimum atomic E-state index is -1.41. The molecular weight excluding hydrogens is 532 g/mol. The number of β-amino-alcohol motifs (C(OH)–C–C–N with tert-alkyl or cyclic N) is 1. The fourth-order valence-corrected chi connectivity index (χ4v) is 5.63. The third-order valence-electron chi connectivity index (χ3n) is 7.87. The highest BCUT2D eigenvalue weighted by molar-refractivity contribution is 6.32. The minimum absolute atomic E-state index is 0.0261. The summed E-state index contributed by atoms with van der Waals surface area (Å²) in [5, 5.41) is 22.7. The molecule has 4 rings (SSSR count). The van der Waals surface area contributed by atoms with Crippen LogP contribution >= 0.6 is 11.6 Å². The summed E-state index contributed by atoms with van der Waals surface area (Å²) in [5.41, 5.74) is 1.42. The number of likely N-dealkylation sites (tertiary alicyclic amines) is 2. The molecule has 0 bridgehead atoms. The highest BCUT2D eigenvalue weighted by atomic mass is 35.5. The van der Waals surface area contributed by atoms with Crippen LogP contribution in [0.25, 0.3) is 0 Å². The van der Waals surface area contributed by atoms with Gasteiger partial charge in [-0.15, -0.1) is 0 Å². The molecule has 0 unspecified atom stereocenters. The number of aliphatic hydroxyl groups excluding tert-OH is 1. The Balaban J connectivity index is 1.33. The number of amides is 1. The van der Waals surface area contributed by atoms with Gasteiger partial charge in [0.2, 0.25) is 5.91 Å². The number of rotatable bonds is 11. The van der Waals surface area contributed by atoms with Crippen molar-refractivity contribution in [3.63, 3.8) is 0 Å². The Morgan fingerprint density at radius 3 is 2.58 bits per heavy atom. The third-order valence-corrected chi connectivity index (χ3v) is 8.47. The molecule has 2 atom stereocenters. The second-order valence-corrected chi connectivity index (χ2v) is 11.5. The first-order chi connectivity index (χ1) is 19.2. The molecule has 9 heteroatoms. The molecular formula is C31H43ClN2O6. The topological polar surface area (TPSA) is 91.7 Å². The third kappa shape index (κ3) is 7.81. The lowest BCUT2D eigenvalue weighted by Gasteiger charge is -2.42. The van der Waals surface area contributed by atoms with E-state index >= 15 is 0 Å². The van der Waals surface area contributed by atoms with Crippen LogP contribution in [-0.4, -0.2) is 84.1 Å². The van der Waals surface area contributed by atoms with Crippen LogP contribution in [0.1, 0.15) is 55.2 Å². The molecule has 2 heterocycles. The summed E-state index contributed by atoms with van der Waals surface area (Å²) in [6, 6.07) is 9.53. The monoisotopic (exact) mass is 574 g/mol. The molecule has 2 aliphatic rings. The van der Waals surface area contributed by atoms with E-state index in [1.165, 1.54) is 0 Å². The molecule has 0 aromatic heterocycles. The van der Waals surface area contributed by atoms with E-state index in [9.17, 15) is 15.0 Å². The highest BCUT2D eigenvalue weighted by Crippen LogP contribution is 2.31. The van der Waals surface area contributed by atoms with Crippen LogP contribution in [0.2, 0.25) is 5.02 Å². The molecule has 2 aromatic carbocycles. The van der Waals surface area contributed by atoms with E-state index in [0.29, 0.717) is 61.4 Å². The van der Waals surface area contributed by atoms with Gasteiger partial charge in [0.1, 0.15) is 18.0 Å². The van der Waals surface area contributed by atoms with Gasteiger partial charge < -0.3 is 29.3 Å². The first-order valence-electron chi connectivity index (χ1n) is 14.3. The number of piperidine rings is 1. The predicted molar refractivity (Wildman–Crippen MR) is 155 cm³/mol. The zero-order valence-electron chi connectivity index (χ0n) is 24.0. The number of aliphatic hydroxyl groups is 2. The van der Waals surface area contributed by atoms with Gasteiger partial charge in [-0.1, -0.05) is 24.1 Å². The number of methoxy groups -OCH3 is 1. The van der Waals surface area contributed by atoms with Crippen LogP contribution in [-0.2, 0) is 11.3 Å². The number of nitrogens with zero attached hydrogens (tertiary/aromatic N) is 2. The van der Waals surface area contributed by atoms with Gasteiger partial charge in [-0.05, 0) is 80.5 Å². The number of aryl methyl sites for hydroxylation is 2. The van der Waals surface area contributed by atoms with Crippen LogP contribution in [0.5, 0.6) is 17.2 Å². The number of benzene rings is 2. The fourth-order valence-electron chi connectivity index (χ4n) is 5.52. The SMILES string of the molecule is COc1ccc(CN2CC[C@H](O)[C@@](O)(COc3cc(C)c(Cl)c(C)c3)C2)cc1OCCCN1CCCCCC1=O. The number of halogens is 1. The van der Waals surface area contributed by atoms with Gasteiger partial charge in [0.25, 0.3) is 0 Å². The molecule has 2 saturated heterocycles. The first-order valence-corrected chi connectivity index (χ1v) is 14.7. The van der Waals surface area contributed by atoms with Gasteiger partial charge in [-0.25, -0.2) is 0 Å². The Morgan fingerprint density at radius 2 is 1.82 bits per heavy atom. The second-order valence-electron chi connectivity index (χ2n) is 11.2. The van der Waals surface area contributed by atoms with Crippen LogP contribution in [0.4, 0.5) is 0 Å². The summed E-state index contributed by atoms with van der Waals surface area (Å²) in [4.78, 5) is 16.3. The van der Waals surface area contributed by atoms with Crippen molar-refractivity contribution in [1.82, 2.24) is 9.80 Å². The molecule has 2 fully saturated rings. The Kier molecular flexibility index (Phi) is 10.6. The lowest BCUT2D eigenvalue weighted by atomic mass is 9.90. The number of hydrogen-bond acceptors (Lipinski definition) is 7. The summed E-state index contributed by atoms with van der Waals surface area (Å²) in [7, 11) is 1.62. The van der Waals surface area contributed by atoms with Crippen molar-refractivity contribution in [2.75, 3.05) is 46.5 Å². The van der Waals surface area contributed by atoms with Crippen molar-refractivity contribution >= 4 is 17.5 Å². The molecule has 2 aromatic rings. The fraction of sp³-hybridized carbons (Fsp3) is 0.581. The maximum atomic E-state index is 12.2. The van der Waals surface area contributed by atoms with E-state index < -0.39 is 11.7 Å². The lowest BCUT2D eigenvalue weighted by Crippen LogP contribution is -2.59. The normalized spacial score (nSPS) is 22.2. The van der Waals surface area contributed by atoms with Crippen molar-refractivity contribution in [3.8, 4) is 17.2 Å². The van der Waals surface area contributed by atoms with Gasteiger partial charge in [0, 0.05) is 44.2 Å². The Hall–Kier alpha value is -2.52. The summed E-state index contributed by atoms with van der Waals surface area (Å²) in [6.45, 7) is 7.32. The molecule has 0 aliphatic carbocycles. The van der Waals surface area contributed by atoms with Gasteiger partial charge >= 0.3 is 0 Å². The maximum absolute atomic E-state index is 12.2. The van der Waals surface area contributed by atoms with Crippen molar-refractivity contribution in [3.05, 3.63) is 52.0 Å². The number of carbonyl (C=O) groups excluding carboxylic acids is 1. The second kappa shape index (κ2) is 13.9. The lowest BCUT2D eigenvalue weighted by molar-refractivity contribution is -0.140. The zero-order chi connectivity index (χ0) is 28.7. The van der Waals surface area contributed by atoms with Crippen LogP contribution in [0.15, 0.2) is 30.3 Å². The van der Waals surface area contributed by atoms with Crippen molar-refractivity contribution < 1.29 is 29.2 Å². The Labute approximate surface area is 242 Å². The van der Waals surface area contributed by atoms with Crippen LogP contribution in [0, 0.1) is 13.8 Å². The smallest absolute Gasteiger partial charge is 0.222 e. The summed E-state index contributed by atoms with van der Waals surface area (Å²) in [5.74, 6) is 2.18. The van der Waals surface area contributed by atoms with E-state index in [2.05, 4.69) is 4.90 Å². The average molecular weight is 575 g/mol. The Morgan fingerprint density at radius 1 is 1.05 bits per heavy atom. The van der Waals surface area contributed by atoms with Crippen molar-refractivity contribution in [1.29, 1.82) is 0 Å². The maximum Gasteiger partial charge on any atom is 0.222 e. The van der Waals surface area contributed by atoms with Crippen LogP contribution in [0.3, 0.4) is 0 Å². The molecule has 1 amide bonds. The van der Waals surface area contributed by atoms with Gasteiger partial charge in [0.15, 0.2) is 11.5 Å². The zero-order valence-corrected chi connectivity index (χ0v) is 24.7. The van der Waals surface area contributed by atoms with E-state index in [4.69, 9.17) is 25.8 Å². The van der Waals surface area contributed by atoms with E-state index in [1.807, 2.05) is 49.1 Å². The predicted octanol–water partition coefficient (Wildman–Crippen LogP) is 4.51. The van der Waals surface area contributed by atoms with Crippen LogP contribution < -0.4 is 14.2 Å². The standard InChI is InChI=1S/C31H43ClN2O6/c1-22-16-25(17-23(2)30(22)32)40-21-31(37)20-33(14-11-28(31)35)19-24-9-10-26(38-3)27(18-24)39-15-7-13-34-12-6-4-5-8-29(34)36/h9-10,16-18,28,35,37H,4-8,11-15,19-21H2,1-3H3/t28-,31-/m0/s1. The average Bonchev–Trinajstić information content (AvgIpc) is 3.14. The number of carbonyl (C=O) groups is 1. The number of hydrogen-bond donors (Lipinski definition) is 2. The van der Waals surface area contributed by atoms with Crippen molar-refractivity contribution in [2.24, 2.45) is 0 Å². The van der Waals surface area contributed by atoms with Gasteiger partial charge in [-0.3, -0.25) is 9.69 Å². The summed E-state index contributed by atoms with van der Waals surface area (Å²) < 4.78 is 17.5. The van der Waals surface area contributed by atoms with Gasteiger partial charge in [0.05, 0.1) is 19.8 Å². The molecule has 8 nitrogen and oxygen atoms in total. The summed E-state index contributed by atoms with van der Waals surface area (Å²) >= 11 is 6.27. The first kappa shape index (κ1) is 30.4. The molecule has 0 radical (unpaired) electrons. The molecule has 0 saturated carbocycles. The molecule has 2 N–H and O–H groups in total. The van der Waals surface area contributed by atoms with E-state index in [0.717, 1.165) is 48.9 Å². The van der Waals surface area contributed by atoms with Crippen molar-refractivity contribution in [2.45, 2.75) is 70.6 Å².